The SMILES string of the molecule is COc1ccccc1CC(CCl)Cc1ccccc1Cl. The first-order chi connectivity index (χ1) is 9.74. The Morgan fingerprint density at radius 1 is 0.950 bits per heavy atom. The second kappa shape index (κ2) is 7.56. The molecule has 0 N–H and O–H groups in total. The zero-order valence-electron chi connectivity index (χ0n) is 11.5. The smallest absolute Gasteiger partial charge is 0.122 e. The minimum atomic E-state index is 0.341. The predicted molar refractivity (Wildman–Crippen MR) is 86.1 cm³/mol. The first kappa shape index (κ1) is 15.2. The lowest BCUT2D eigenvalue weighted by atomic mass is 9.93. The maximum Gasteiger partial charge on any atom is 0.122 e. The minimum Gasteiger partial charge on any atom is -0.496 e. The minimum absolute atomic E-state index is 0.341. The molecule has 0 saturated heterocycles. The highest BCUT2D eigenvalue weighted by Crippen LogP contribution is 2.25. The van der Waals surface area contributed by atoms with Gasteiger partial charge in [0.1, 0.15) is 5.75 Å². The summed E-state index contributed by atoms with van der Waals surface area (Å²) in [7, 11) is 1.70. The van der Waals surface area contributed by atoms with Crippen molar-refractivity contribution in [2.24, 2.45) is 5.92 Å². The van der Waals surface area contributed by atoms with Crippen LogP contribution in [-0.4, -0.2) is 13.0 Å². The number of benzene rings is 2. The molecule has 0 bridgehead atoms. The molecule has 0 amide bonds. The number of hydrogen-bond donors (Lipinski definition) is 0. The maximum atomic E-state index is 6.22. The van der Waals surface area contributed by atoms with Gasteiger partial charge in [-0.25, -0.2) is 0 Å². The van der Waals surface area contributed by atoms with E-state index in [9.17, 15) is 0 Å². The topological polar surface area (TPSA) is 9.23 Å². The molecule has 2 rings (SSSR count). The van der Waals surface area contributed by atoms with Gasteiger partial charge in [-0.05, 0) is 42.0 Å². The van der Waals surface area contributed by atoms with E-state index in [-0.39, 0.29) is 0 Å². The molecule has 0 aromatic heterocycles. The summed E-state index contributed by atoms with van der Waals surface area (Å²) in [6.07, 6.45) is 1.76. The van der Waals surface area contributed by atoms with E-state index in [0.29, 0.717) is 11.8 Å². The van der Waals surface area contributed by atoms with Gasteiger partial charge in [0.15, 0.2) is 0 Å². The van der Waals surface area contributed by atoms with E-state index in [1.54, 1.807) is 7.11 Å². The second-order valence-electron chi connectivity index (χ2n) is 4.83. The average Bonchev–Trinajstić information content (AvgIpc) is 2.49. The summed E-state index contributed by atoms with van der Waals surface area (Å²) in [6, 6.07) is 16.0. The largest absolute Gasteiger partial charge is 0.496 e. The number of ether oxygens (including phenoxy) is 1. The van der Waals surface area contributed by atoms with E-state index < -0.39 is 0 Å². The van der Waals surface area contributed by atoms with Gasteiger partial charge in [-0.15, -0.1) is 11.6 Å². The molecule has 0 aliphatic heterocycles. The molecule has 1 unspecified atom stereocenters. The number of hydrogen-bond acceptors (Lipinski definition) is 1. The molecule has 0 aliphatic rings. The number of halogens is 2. The Hall–Kier alpha value is -1.18. The van der Waals surface area contributed by atoms with Crippen LogP contribution in [0, 0.1) is 5.92 Å². The third-order valence-corrected chi connectivity index (χ3v) is 4.19. The molecule has 2 aromatic carbocycles. The number of rotatable bonds is 6. The Bertz CT molecular complexity index is 554. The van der Waals surface area contributed by atoms with Gasteiger partial charge in [0.05, 0.1) is 7.11 Å². The van der Waals surface area contributed by atoms with Crippen LogP contribution < -0.4 is 4.74 Å². The molecule has 0 spiro atoms. The Morgan fingerprint density at radius 3 is 2.20 bits per heavy atom. The normalized spacial score (nSPS) is 12.2. The van der Waals surface area contributed by atoms with Crippen LogP contribution in [0.15, 0.2) is 48.5 Å². The highest BCUT2D eigenvalue weighted by molar-refractivity contribution is 6.31. The summed E-state index contributed by atoms with van der Waals surface area (Å²) in [5.74, 6) is 1.86. The Balaban J connectivity index is 2.11. The second-order valence-corrected chi connectivity index (χ2v) is 5.55. The van der Waals surface area contributed by atoms with Crippen molar-refractivity contribution in [3.8, 4) is 5.75 Å². The maximum absolute atomic E-state index is 6.22. The molecule has 0 fully saturated rings. The van der Waals surface area contributed by atoms with Crippen LogP contribution in [-0.2, 0) is 12.8 Å². The van der Waals surface area contributed by atoms with Crippen molar-refractivity contribution in [3.05, 3.63) is 64.7 Å². The van der Waals surface area contributed by atoms with E-state index in [4.69, 9.17) is 27.9 Å². The monoisotopic (exact) mass is 308 g/mol. The fourth-order valence-electron chi connectivity index (χ4n) is 2.34. The van der Waals surface area contributed by atoms with Gasteiger partial charge >= 0.3 is 0 Å². The molecule has 1 nitrogen and oxygen atoms in total. The van der Waals surface area contributed by atoms with Crippen molar-refractivity contribution in [1.29, 1.82) is 0 Å². The zero-order valence-corrected chi connectivity index (χ0v) is 13.0. The molecule has 0 saturated carbocycles. The molecule has 20 heavy (non-hydrogen) atoms. The lowest BCUT2D eigenvalue weighted by Crippen LogP contribution is -2.11. The molecule has 1 atom stereocenters. The molecular weight excluding hydrogens is 291 g/mol. The third-order valence-electron chi connectivity index (χ3n) is 3.39. The Morgan fingerprint density at radius 2 is 1.55 bits per heavy atom. The van der Waals surface area contributed by atoms with Gasteiger partial charge in [-0.1, -0.05) is 48.0 Å². The summed E-state index contributed by atoms with van der Waals surface area (Å²) in [5.41, 5.74) is 2.34. The van der Waals surface area contributed by atoms with Crippen molar-refractivity contribution in [1.82, 2.24) is 0 Å². The Labute approximate surface area is 130 Å². The summed E-state index contributed by atoms with van der Waals surface area (Å²) in [6.45, 7) is 0. The van der Waals surface area contributed by atoms with Crippen LogP contribution in [0.25, 0.3) is 0 Å². The lowest BCUT2D eigenvalue weighted by Gasteiger charge is -2.16. The van der Waals surface area contributed by atoms with Crippen molar-refractivity contribution in [2.75, 3.05) is 13.0 Å². The van der Waals surface area contributed by atoms with Gasteiger partial charge in [-0.2, -0.15) is 0 Å². The summed E-state index contributed by atoms with van der Waals surface area (Å²) >= 11 is 12.4. The highest BCUT2D eigenvalue weighted by Gasteiger charge is 2.14. The van der Waals surface area contributed by atoms with Crippen LogP contribution in [0.1, 0.15) is 11.1 Å². The molecule has 0 aliphatic carbocycles. The zero-order chi connectivity index (χ0) is 14.4. The number of alkyl halides is 1. The predicted octanol–water partition coefficient (Wildman–Crippen LogP) is 4.99. The van der Waals surface area contributed by atoms with Crippen LogP contribution in [0.2, 0.25) is 5.02 Å². The Kier molecular flexibility index (Phi) is 5.75. The average molecular weight is 309 g/mol. The van der Waals surface area contributed by atoms with Gasteiger partial charge in [0.2, 0.25) is 0 Å². The molecule has 3 heteroatoms. The lowest BCUT2D eigenvalue weighted by molar-refractivity contribution is 0.405. The summed E-state index contributed by atoms with van der Waals surface area (Å²) in [4.78, 5) is 0. The molecule has 0 heterocycles. The van der Waals surface area contributed by atoms with Crippen molar-refractivity contribution >= 4 is 23.2 Å². The molecule has 0 radical (unpaired) electrons. The van der Waals surface area contributed by atoms with Gasteiger partial charge in [0, 0.05) is 10.9 Å². The molecule has 106 valence electrons. The van der Waals surface area contributed by atoms with Gasteiger partial charge in [-0.3, -0.25) is 0 Å². The standard InChI is InChI=1S/C17H18Cl2O/c1-20-17-9-5-3-7-15(17)11-13(12-18)10-14-6-2-4-8-16(14)19/h2-9,13H,10-12H2,1H3. The van der Waals surface area contributed by atoms with Crippen LogP contribution >= 0.6 is 23.2 Å². The first-order valence-electron chi connectivity index (χ1n) is 6.66. The number of para-hydroxylation sites is 1. The van der Waals surface area contributed by atoms with Gasteiger partial charge in [0.25, 0.3) is 0 Å². The van der Waals surface area contributed by atoms with Crippen molar-refractivity contribution in [3.63, 3.8) is 0 Å². The van der Waals surface area contributed by atoms with Crippen LogP contribution in [0.3, 0.4) is 0 Å². The first-order valence-corrected chi connectivity index (χ1v) is 7.57. The van der Waals surface area contributed by atoms with E-state index >= 15 is 0 Å². The highest BCUT2D eigenvalue weighted by atomic mass is 35.5. The van der Waals surface area contributed by atoms with E-state index in [1.165, 1.54) is 5.56 Å². The van der Waals surface area contributed by atoms with Crippen molar-refractivity contribution < 1.29 is 4.74 Å². The summed E-state index contributed by atoms with van der Waals surface area (Å²) in [5, 5.41) is 0.808. The van der Waals surface area contributed by atoms with Crippen LogP contribution in [0.5, 0.6) is 5.75 Å². The molecule has 2 aromatic rings. The van der Waals surface area contributed by atoms with Crippen LogP contribution in [0.4, 0.5) is 0 Å². The quantitative estimate of drug-likeness (QED) is 0.683. The summed E-state index contributed by atoms with van der Waals surface area (Å²) < 4.78 is 5.40. The van der Waals surface area contributed by atoms with E-state index in [1.807, 2.05) is 36.4 Å². The number of methoxy groups -OCH3 is 1. The van der Waals surface area contributed by atoms with E-state index in [2.05, 4.69) is 12.1 Å². The third kappa shape index (κ3) is 3.91. The van der Waals surface area contributed by atoms with Crippen molar-refractivity contribution in [2.45, 2.75) is 12.8 Å². The van der Waals surface area contributed by atoms with E-state index in [0.717, 1.165) is 29.2 Å². The molecular formula is C17H18Cl2O. The fraction of sp³-hybridized carbons (Fsp3) is 0.294. The fourth-order valence-corrected chi connectivity index (χ4v) is 2.77. The van der Waals surface area contributed by atoms with Gasteiger partial charge < -0.3 is 4.74 Å².